The first kappa shape index (κ1) is 22.5. The summed E-state index contributed by atoms with van der Waals surface area (Å²) in [7, 11) is -3.95. The number of aryl methyl sites for hydroxylation is 2. The number of aliphatic carboxylic acids is 1. The number of hydrogen-bond acceptors (Lipinski definition) is 5. The first-order valence-electron chi connectivity index (χ1n) is 9.82. The Morgan fingerprint density at radius 1 is 1.06 bits per heavy atom. The van der Waals surface area contributed by atoms with Crippen molar-refractivity contribution in [3.8, 4) is 0 Å². The zero-order chi connectivity index (χ0) is 22.9. The van der Waals surface area contributed by atoms with Gasteiger partial charge in [0.15, 0.2) is 0 Å². The van der Waals surface area contributed by atoms with Crippen molar-refractivity contribution in [1.82, 2.24) is 4.90 Å². The van der Waals surface area contributed by atoms with E-state index in [0.717, 1.165) is 33.0 Å². The highest BCUT2D eigenvalue weighted by molar-refractivity contribution is 7.92. The van der Waals surface area contributed by atoms with Crippen molar-refractivity contribution in [2.45, 2.75) is 32.7 Å². The van der Waals surface area contributed by atoms with Crippen LogP contribution in [0, 0.1) is 6.92 Å². The maximum absolute atomic E-state index is 12.7. The lowest BCUT2D eigenvalue weighted by atomic mass is 10.1. The fourth-order valence-electron chi connectivity index (χ4n) is 3.68. The van der Waals surface area contributed by atoms with Crippen LogP contribution in [-0.4, -0.2) is 55.1 Å². The van der Waals surface area contributed by atoms with E-state index in [-0.39, 0.29) is 29.8 Å². The van der Waals surface area contributed by atoms with Crippen LogP contribution in [0.25, 0.3) is 0 Å². The van der Waals surface area contributed by atoms with Crippen LogP contribution in [0.3, 0.4) is 0 Å². The number of nitrogens with zero attached hydrogens (tertiary/aromatic N) is 2. The third-order valence-corrected chi connectivity index (χ3v) is 6.46. The number of anilines is 1. The molecule has 0 spiro atoms. The van der Waals surface area contributed by atoms with E-state index in [2.05, 4.69) is 0 Å². The molecule has 1 unspecified atom stereocenters. The van der Waals surface area contributed by atoms with E-state index in [0.29, 0.717) is 0 Å². The number of carboxylic acids is 1. The minimum Gasteiger partial charge on any atom is -0.480 e. The first-order valence-corrected chi connectivity index (χ1v) is 11.7. The monoisotopic (exact) mass is 444 g/mol. The average Bonchev–Trinajstić information content (AvgIpc) is 2.94. The minimum absolute atomic E-state index is 0.213. The maximum Gasteiger partial charge on any atom is 0.327 e. The molecule has 2 aromatic carbocycles. The highest BCUT2D eigenvalue weighted by atomic mass is 32.2. The van der Waals surface area contributed by atoms with Gasteiger partial charge in [0.05, 0.1) is 23.1 Å². The summed E-state index contributed by atoms with van der Waals surface area (Å²) >= 11 is 0. The van der Waals surface area contributed by atoms with Crippen molar-refractivity contribution < 1.29 is 27.9 Å². The third kappa shape index (κ3) is 4.46. The molecule has 9 heteroatoms. The Balaban J connectivity index is 1.88. The lowest BCUT2D eigenvalue weighted by Crippen LogP contribution is -2.47. The molecule has 0 aromatic heterocycles. The van der Waals surface area contributed by atoms with Crippen molar-refractivity contribution >= 4 is 33.5 Å². The molecular formula is C22H24N2O6S. The lowest BCUT2D eigenvalue weighted by Gasteiger charge is -2.29. The highest BCUT2D eigenvalue weighted by Crippen LogP contribution is 2.27. The van der Waals surface area contributed by atoms with Crippen LogP contribution in [0.4, 0.5) is 5.69 Å². The molecule has 1 aliphatic rings. The Hall–Kier alpha value is -3.20. The summed E-state index contributed by atoms with van der Waals surface area (Å²) in [5, 5.41) is 9.79. The molecule has 2 aromatic rings. The Bertz CT molecular complexity index is 1140. The van der Waals surface area contributed by atoms with Gasteiger partial charge >= 0.3 is 5.97 Å². The van der Waals surface area contributed by atoms with Gasteiger partial charge in [-0.15, -0.1) is 0 Å². The molecule has 1 heterocycles. The number of sulfonamides is 1. The lowest BCUT2D eigenvalue weighted by molar-refractivity contribution is -0.138. The molecule has 0 fully saturated rings. The molecule has 0 saturated heterocycles. The van der Waals surface area contributed by atoms with Crippen molar-refractivity contribution in [3.63, 3.8) is 0 Å². The molecule has 1 atom stereocenters. The highest BCUT2D eigenvalue weighted by Gasteiger charge is 2.38. The zero-order valence-electron chi connectivity index (χ0n) is 17.5. The van der Waals surface area contributed by atoms with E-state index in [4.69, 9.17) is 0 Å². The van der Waals surface area contributed by atoms with Gasteiger partial charge in [-0.1, -0.05) is 30.7 Å². The first-order chi connectivity index (χ1) is 14.5. The molecule has 31 heavy (non-hydrogen) atoms. The number of benzene rings is 2. The van der Waals surface area contributed by atoms with Crippen molar-refractivity contribution in [2.75, 3.05) is 17.1 Å². The zero-order valence-corrected chi connectivity index (χ0v) is 18.3. The molecule has 0 bridgehead atoms. The summed E-state index contributed by atoms with van der Waals surface area (Å²) in [5.74, 6) is -2.38. The largest absolute Gasteiger partial charge is 0.480 e. The number of hydrogen-bond donors (Lipinski definition) is 1. The van der Waals surface area contributed by atoms with Crippen LogP contribution in [0.2, 0.25) is 0 Å². The molecule has 8 nitrogen and oxygen atoms in total. The minimum atomic E-state index is -3.95. The summed E-state index contributed by atoms with van der Waals surface area (Å²) in [4.78, 5) is 38.3. The standard InChI is InChI=1S/C22H24N2O6S/c1-4-15-6-8-16(9-7-15)24(31(3,29)30)19(22(27)28)11-12-23-20(25)17-10-5-14(2)13-18(17)21(23)26/h5-10,13,19H,4,11-12H2,1-3H3,(H,27,28). The number of carbonyl (C=O) groups excluding carboxylic acids is 2. The molecule has 0 saturated carbocycles. The summed E-state index contributed by atoms with van der Waals surface area (Å²) in [5.41, 5.74) is 2.55. The summed E-state index contributed by atoms with van der Waals surface area (Å²) < 4.78 is 25.8. The second-order valence-corrected chi connectivity index (χ2v) is 9.39. The number of fused-ring (bicyclic) bond motifs is 1. The van der Waals surface area contributed by atoms with Gasteiger partial charge in [-0.3, -0.25) is 18.8 Å². The smallest absolute Gasteiger partial charge is 0.327 e. The Labute approximate surface area is 181 Å². The van der Waals surface area contributed by atoms with E-state index in [9.17, 15) is 27.9 Å². The van der Waals surface area contributed by atoms with E-state index < -0.39 is 33.8 Å². The second kappa shape index (κ2) is 8.50. The number of amides is 2. The third-order valence-electron chi connectivity index (χ3n) is 5.28. The van der Waals surface area contributed by atoms with Crippen LogP contribution >= 0.6 is 0 Å². The van der Waals surface area contributed by atoms with Crippen LogP contribution in [0.15, 0.2) is 42.5 Å². The van der Waals surface area contributed by atoms with E-state index in [1.54, 1.807) is 49.4 Å². The predicted molar refractivity (Wildman–Crippen MR) is 116 cm³/mol. The van der Waals surface area contributed by atoms with Crippen molar-refractivity contribution in [2.24, 2.45) is 0 Å². The summed E-state index contributed by atoms with van der Waals surface area (Å²) in [6, 6.07) is 10.0. The van der Waals surface area contributed by atoms with Crippen LogP contribution in [0.5, 0.6) is 0 Å². The quantitative estimate of drug-likeness (QED) is 0.626. The van der Waals surface area contributed by atoms with Gasteiger partial charge in [0.25, 0.3) is 11.8 Å². The van der Waals surface area contributed by atoms with Crippen molar-refractivity contribution in [3.05, 3.63) is 64.7 Å². The van der Waals surface area contributed by atoms with Crippen molar-refractivity contribution in [1.29, 1.82) is 0 Å². The molecule has 3 rings (SSSR count). The molecule has 164 valence electrons. The molecule has 0 aliphatic carbocycles. The van der Waals surface area contributed by atoms with Gasteiger partial charge in [0.1, 0.15) is 6.04 Å². The van der Waals surface area contributed by atoms with Gasteiger partial charge < -0.3 is 5.11 Å². The maximum atomic E-state index is 12.7. The van der Waals surface area contributed by atoms with E-state index in [1.165, 1.54) is 0 Å². The topological polar surface area (TPSA) is 112 Å². The SMILES string of the molecule is CCc1ccc(N(C(CCN2C(=O)c3ccc(C)cc3C2=O)C(=O)O)S(C)(=O)=O)cc1. The molecular weight excluding hydrogens is 420 g/mol. The van der Waals surface area contributed by atoms with Gasteiger partial charge in [-0.2, -0.15) is 0 Å². The van der Waals surface area contributed by atoms with Gasteiger partial charge in [0.2, 0.25) is 10.0 Å². The van der Waals surface area contributed by atoms with Crippen LogP contribution in [0.1, 0.15) is 45.2 Å². The summed E-state index contributed by atoms with van der Waals surface area (Å²) in [6.45, 7) is 3.53. The predicted octanol–water partition coefficient (Wildman–Crippen LogP) is 2.46. The van der Waals surface area contributed by atoms with Gasteiger partial charge in [-0.25, -0.2) is 13.2 Å². The van der Waals surface area contributed by atoms with Gasteiger partial charge in [-0.05, 0) is 49.6 Å². The Morgan fingerprint density at radius 3 is 2.23 bits per heavy atom. The van der Waals surface area contributed by atoms with Gasteiger partial charge in [0, 0.05) is 6.54 Å². The molecule has 0 radical (unpaired) electrons. The molecule has 1 aliphatic heterocycles. The number of carboxylic acid groups (broad SMARTS) is 1. The van der Waals surface area contributed by atoms with Crippen LogP contribution in [-0.2, 0) is 21.2 Å². The molecule has 2 amide bonds. The van der Waals surface area contributed by atoms with E-state index in [1.807, 2.05) is 6.92 Å². The summed E-state index contributed by atoms with van der Waals surface area (Å²) in [6.07, 6.45) is 1.44. The normalized spacial score (nSPS) is 14.5. The Kier molecular flexibility index (Phi) is 6.17. The number of imide groups is 1. The second-order valence-electron chi connectivity index (χ2n) is 7.53. The Morgan fingerprint density at radius 2 is 1.68 bits per heavy atom. The fraction of sp³-hybridized carbons (Fsp3) is 0.318. The van der Waals surface area contributed by atoms with E-state index >= 15 is 0 Å². The number of rotatable bonds is 8. The number of carbonyl (C=O) groups is 3. The fourth-order valence-corrected chi connectivity index (χ4v) is 4.84. The van der Waals surface area contributed by atoms with Crippen LogP contribution < -0.4 is 4.31 Å². The molecule has 1 N–H and O–H groups in total. The average molecular weight is 445 g/mol.